The molecule has 0 unspecified atom stereocenters. The molecule has 0 bridgehead atoms. The summed E-state index contributed by atoms with van der Waals surface area (Å²) in [5, 5.41) is 10.6. The number of carboxylic acid groups (broad SMARTS) is 1. The van der Waals surface area contributed by atoms with Gasteiger partial charge in [0.05, 0.1) is 0 Å². The number of amides is 1. The van der Waals surface area contributed by atoms with Crippen LogP contribution in [0.5, 0.6) is 11.5 Å². The summed E-state index contributed by atoms with van der Waals surface area (Å²) in [6, 6.07) is 6.87. The Bertz CT molecular complexity index is 458. The number of rotatable bonds is 8. The van der Waals surface area contributed by atoms with Crippen molar-refractivity contribution in [2.24, 2.45) is 0 Å². The van der Waals surface area contributed by atoms with Crippen LogP contribution in [0, 0.1) is 0 Å². The van der Waals surface area contributed by atoms with E-state index in [1.165, 1.54) is 0 Å². The van der Waals surface area contributed by atoms with Gasteiger partial charge in [-0.2, -0.15) is 0 Å². The summed E-state index contributed by atoms with van der Waals surface area (Å²) in [5.41, 5.74) is 0. The number of ether oxygens (including phenoxy) is 2. The number of hydrogen-bond donors (Lipinski definition) is 2. The summed E-state index contributed by atoms with van der Waals surface area (Å²) in [4.78, 5) is 21.6. The van der Waals surface area contributed by atoms with Crippen LogP contribution in [0.25, 0.3) is 0 Å². The highest BCUT2D eigenvalue weighted by Crippen LogP contribution is 2.26. The largest absolute Gasteiger partial charge is 0.486 e. The lowest BCUT2D eigenvalue weighted by atomic mass is 10.3. The molecule has 0 aromatic heterocycles. The van der Waals surface area contributed by atoms with Crippen molar-refractivity contribution < 1.29 is 24.2 Å². The Labute approximate surface area is 110 Å². The fourth-order valence-corrected chi connectivity index (χ4v) is 1.21. The number of carbonyl (C=O) groups is 2. The van der Waals surface area contributed by atoms with E-state index >= 15 is 0 Å². The van der Waals surface area contributed by atoms with E-state index in [0.29, 0.717) is 18.1 Å². The van der Waals surface area contributed by atoms with E-state index in [1.807, 2.05) is 0 Å². The van der Waals surface area contributed by atoms with E-state index in [-0.39, 0.29) is 6.61 Å². The maximum atomic E-state index is 11.3. The fraction of sp³-hybridized carbons (Fsp3) is 0.231. The van der Waals surface area contributed by atoms with Gasteiger partial charge in [-0.15, -0.1) is 0 Å². The molecule has 19 heavy (non-hydrogen) atoms. The number of carboxylic acids is 1. The maximum absolute atomic E-state index is 11.3. The first-order valence-corrected chi connectivity index (χ1v) is 5.57. The minimum atomic E-state index is -1.11. The van der Waals surface area contributed by atoms with E-state index in [9.17, 15) is 9.59 Å². The highest BCUT2D eigenvalue weighted by atomic mass is 16.5. The molecule has 0 aliphatic carbocycles. The summed E-state index contributed by atoms with van der Waals surface area (Å²) in [5.74, 6) is -0.716. The summed E-state index contributed by atoms with van der Waals surface area (Å²) < 4.78 is 10.6. The minimum absolute atomic E-state index is 0.276. The predicted octanol–water partition coefficient (Wildman–Crippen LogP) is 0.831. The molecule has 0 fully saturated rings. The summed E-state index contributed by atoms with van der Waals surface area (Å²) >= 11 is 0. The topological polar surface area (TPSA) is 84.9 Å². The van der Waals surface area contributed by atoms with Crippen LogP contribution >= 0.6 is 0 Å². The average Bonchev–Trinajstić information content (AvgIpc) is 2.41. The number of hydrogen-bond acceptors (Lipinski definition) is 4. The third-order valence-electron chi connectivity index (χ3n) is 2.00. The fourth-order valence-electron chi connectivity index (χ4n) is 1.21. The predicted molar refractivity (Wildman–Crippen MR) is 68.3 cm³/mol. The number of benzene rings is 1. The van der Waals surface area contributed by atoms with Gasteiger partial charge in [-0.1, -0.05) is 24.8 Å². The van der Waals surface area contributed by atoms with Crippen LogP contribution in [-0.4, -0.2) is 36.7 Å². The van der Waals surface area contributed by atoms with Crippen molar-refractivity contribution in [1.82, 2.24) is 5.32 Å². The summed E-state index contributed by atoms with van der Waals surface area (Å²) in [6.45, 7) is 3.15. The molecule has 6 nitrogen and oxygen atoms in total. The highest BCUT2D eigenvalue weighted by Gasteiger charge is 2.08. The third kappa shape index (κ3) is 5.58. The highest BCUT2D eigenvalue weighted by molar-refractivity contribution is 5.82. The molecule has 0 aliphatic rings. The second-order valence-corrected chi connectivity index (χ2v) is 3.51. The Hall–Kier alpha value is -2.50. The van der Waals surface area contributed by atoms with Crippen molar-refractivity contribution >= 4 is 11.9 Å². The molecule has 0 saturated carbocycles. The lowest BCUT2D eigenvalue weighted by Crippen LogP contribution is -2.33. The van der Waals surface area contributed by atoms with Crippen LogP contribution in [0.4, 0.5) is 0 Å². The zero-order valence-corrected chi connectivity index (χ0v) is 10.3. The number of aliphatic carboxylic acids is 1. The van der Waals surface area contributed by atoms with E-state index < -0.39 is 18.4 Å². The van der Waals surface area contributed by atoms with Crippen molar-refractivity contribution in [3.63, 3.8) is 0 Å². The SMILES string of the molecule is C=CCOc1ccccc1OCC(=O)NCC(=O)O. The lowest BCUT2D eigenvalue weighted by Gasteiger charge is -2.11. The van der Waals surface area contributed by atoms with Gasteiger partial charge in [0.2, 0.25) is 0 Å². The van der Waals surface area contributed by atoms with Gasteiger partial charge in [0.25, 0.3) is 5.91 Å². The van der Waals surface area contributed by atoms with Crippen molar-refractivity contribution in [2.75, 3.05) is 19.8 Å². The minimum Gasteiger partial charge on any atom is -0.486 e. The molecule has 0 spiro atoms. The van der Waals surface area contributed by atoms with Crippen LogP contribution < -0.4 is 14.8 Å². The standard InChI is InChI=1S/C13H15NO5/c1-2-7-18-10-5-3-4-6-11(10)19-9-12(15)14-8-13(16)17/h2-6H,1,7-9H2,(H,14,15)(H,16,17). The Morgan fingerprint density at radius 3 is 2.47 bits per heavy atom. The van der Waals surface area contributed by atoms with Crippen molar-refractivity contribution in [3.8, 4) is 11.5 Å². The molecule has 0 atom stereocenters. The second-order valence-electron chi connectivity index (χ2n) is 3.51. The molecule has 1 aromatic carbocycles. The van der Waals surface area contributed by atoms with Gasteiger partial charge in [-0.25, -0.2) is 0 Å². The first-order chi connectivity index (χ1) is 9.13. The van der Waals surface area contributed by atoms with Crippen molar-refractivity contribution in [3.05, 3.63) is 36.9 Å². The first kappa shape index (κ1) is 14.6. The molecule has 0 saturated heterocycles. The van der Waals surface area contributed by atoms with Crippen LogP contribution in [-0.2, 0) is 9.59 Å². The van der Waals surface area contributed by atoms with Gasteiger partial charge in [0.1, 0.15) is 13.2 Å². The maximum Gasteiger partial charge on any atom is 0.322 e. The zero-order valence-electron chi connectivity index (χ0n) is 10.3. The number of nitrogens with one attached hydrogen (secondary N) is 1. The van der Waals surface area contributed by atoms with E-state index in [2.05, 4.69) is 11.9 Å². The monoisotopic (exact) mass is 265 g/mol. The zero-order chi connectivity index (χ0) is 14.1. The van der Waals surface area contributed by atoms with Crippen LogP contribution in [0.3, 0.4) is 0 Å². The Kier molecular flexibility index (Phi) is 5.94. The normalized spacial score (nSPS) is 9.47. The van der Waals surface area contributed by atoms with Gasteiger partial charge in [0, 0.05) is 0 Å². The van der Waals surface area contributed by atoms with Crippen molar-refractivity contribution in [2.45, 2.75) is 0 Å². The number of carbonyl (C=O) groups excluding carboxylic acids is 1. The Balaban J connectivity index is 2.49. The molecule has 1 rings (SSSR count). The molecular weight excluding hydrogens is 250 g/mol. The van der Waals surface area contributed by atoms with E-state index in [1.54, 1.807) is 30.3 Å². The van der Waals surface area contributed by atoms with E-state index in [0.717, 1.165) is 0 Å². The molecule has 6 heteroatoms. The van der Waals surface area contributed by atoms with Gasteiger partial charge in [-0.3, -0.25) is 9.59 Å². The second kappa shape index (κ2) is 7.75. The molecule has 2 N–H and O–H groups in total. The molecule has 102 valence electrons. The van der Waals surface area contributed by atoms with Gasteiger partial charge < -0.3 is 19.9 Å². The van der Waals surface area contributed by atoms with Crippen molar-refractivity contribution in [1.29, 1.82) is 0 Å². The molecule has 1 aromatic rings. The quantitative estimate of drug-likeness (QED) is 0.680. The Morgan fingerprint density at radius 2 is 1.89 bits per heavy atom. The molecule has 0 radical (unpaired) electrons. The van der Waals surface area contributed by atoms with Gasteiger partial charge >= 0.3 is 5.97 Å². The van der Waals surface area contributed by atoms with E-state index in [4.69, 9.17) is 14.6 Å². The molecular formula is C13H15NO5. The molecule has 0 heterocycles. The van der Waals surface area contributed by atoms with Crippen LogP contribution in [0.15, 0.2) is 36.9 Å². The van der Waals surface area contributed by atoms with Gasteiger partial charge in [-0.05, 0) is 12.1 Å². The number of para-hydroxylation sites is 2. The van der Waals surface area contributed by atoms with Crippen LogP contribution in [0.1, 0.15) is 0 Å². The average molecular weight is 265 g/mol. The summed E-state index contributed by atoms with van der Waals surface area (Å²) in [6.07, 6.45) is 1.59. The van der Waals surface area contributed by atoms with Gasteiger partial charge in [0.15, 0.2) is 18.1 Å². The van der Waals surface area contributed by atoms with Crippen LogP contribution in [0.2, 0.25) is 0 Å². The first-order valence-electron chi connectivity index (χ1n) is 5.57. The lowest BCUT2D eigenvalue weighted by molar-refractivity contribution is -0.138. The Morgan fingerprint density at radius 1 is 1.26 bits per heavy atom. The molecule has 1 amide bonds. The summed E-state index contributed by atoms with van der Waals surface area (Å²) in [7, 11) is 0. The smallest absolute Gasteiger partial charge is 0.322 e. The third-order valence-corrected chi connectivity index (χ3v) is 2.00. The molecule has 0 aliphatic heterocycles.